The zero-order chi connectivity index (χ0) is 30.4. The van der Waals surface area contributed by atoms with Gasteiger partial charge in [0.25, 0.3) is 11.1 Å². The van der Waals surface area contributed by atoms with Crippen LogP contribution in [0.2, 0.25) is 0 Å². The molecular weight excluding hydrogens is 639 g/mol. The Bertz CT molecular complexity index is 1610. The Kier molecular flexibility index (Phi) is 11.0. The van der Waals surface area contributed by atoms with Gasteiger partial charge >= 0.3 is 12.4 Å². The fraction of sp³-hybridized carbons (Fsp3) is 0.364. The number of aromatic amines is 2. The molecule has 41 heavy (non-hydrogen) atoms. The van der Waals surface area contributed by atoms with Gasteiger partial charge in [-0.25, -0.2) is 19.9 Å². The molecule has 0 aromatic carbocycles. The quantitative estimate of drug-likeness (QED) is 0.150. The van der Waals surface area contributed by atoms with Gasteiger partial charge < -0.3 is 4.98 Å². The lowest BCUT2D eigenvalue weighted by Crippen LogP contribution is -2.19. The van der Waals surface area contributed by atoms with E-state index in [0.717, 1.165) is 34.4 Å². The standard InChI is InChI=1S/C11H10F3N3O2S2.C11H10F3N3OS2/c1-2-6-7(20-5-15-6)4-21(19)10-16-8(11(12,13)14)3-9(18)17-10;1-2-6-7(20-5-15-6)4-19-10-16-8(11(12,13)14)3-9(18)17-10/h3,5H,2,4H2,1H3,(H,16,17,18);3,5H,2,4H2,1H3,(H,16,17,18). The first-order chi connectivity index (χ1) is 19.2. The third kappa shape index (κ3) is 9.30. The van der Waals surface area contributed by atoms with Gasteiger partial charge in [0.2, 0.25) is 0 Å². The van der Waals surface area contributed by atoms with Crippen LogP contribution in [-0.2, 0) is 47.5 Å². The van der Waals surface area contributed by atoms with E-state index in [9.17, 15) is 40.1 Å². The van der Waals surface area contributed by atoms with Crippen LogP contribution in [0.15, 0.2) is 43.1 Å². The minimum Gasteiger partial charge on any atom is -0.301 e. The molecular formula is C22H20F6N6O3S4. The number of thioether (sulfide) groups is 1. The molecule has 0 aliphatic rings. The Morgan fingerprint density at radius 2 is 1.34 bits per heavy atom. The van der Waals surface area contributed by atoms with E-state index in [1.807, 2.05) is 13.8 Å². The topological polar surface area (TPSA) is 134 Å². The van der Waals surface area contributed by atoms with Crippen LogP contribution in [0.25, 0.3) is 0 Å². The van der Waals surface area contributed by atoms with E-state index in [1.165, 1.54) is 22.7 Å². The predicted octanol–water partition coefficient (Wildman–Crippen LogP) is 5.22. The maximum atomic E-state index is 12.6. The molecule has 19 heteroatoms. The zero-order valence-corrected chi connectivity index (χ0v) is 24.3. The Morgan fingerprint density at radius 3 is 1.90 bits per heavy atom. The molecule has 1 atom stereocenters. The van der Waals surface area contributed by atoms with Gasteiger partial charge in [0.1, 0.15) is 0 Å². The maximum Gasteiger partial charge on any atom is 0.433 e. The summed E-state index contributed by atoms with van der Waals surface area (Å²) in [7, 11) is -1.88. The third-order valence-corrected chi connectivity index (χ3v) is 9.15. The van der Waals surface area contributed by atoms with E-state index >= 15 is 0 Å². The zero-order valence-electron chi connectivity index (χ0n) is 21.1. The van der Waals surface area contributed by atoms with E-state index in [-0.39, 0.29) is 10.9 Å². The van der Waals surface area contributed by atoms with Crippen LogP contribution in [0.3, 0.4) is 0 Å². The molecule has 4 heterocycles. The van der Waals surface area contributed by atoms with Crippen molar-refractivity contribution < 1.29 is 30.6 Å². The highest BCUT2D eigenvalue weighted by atomic mass is 32.2. The molecule has 1 unspecified atom stereocenters. The Labute approximate surface area is 242 Å². The SMILES string of the molecule is CCc1ncsc1CS(=O)c1nc(C(F)(F)F)cc(=O)[nH]1.CCc1ncsc1CSc1nc(C(F)(F)F)cc(=O)[nH]1. The summed E-state index contributed by atoms with van der Waals surface area (Å²) in [6, 6.07) is 0.791. The van der Waals surface area contributed by atoms with Crippen LogP contribution < -0.4 is 11.1 Å². The van der Waals surface area contributed by atoms with E-state index in [4.69, 9.17) is 0 Å². The number of nitrogens with one attached hydrogen (secondary N) is 2. The summed E-state index contributed by atoms with van der Waals surface area (Å²) in [4.78, 5) is 43.4. The highest BCUT2D eigenvalue weighted by molar-refractivity contribution is 7.98. The lowest BCUT2D eigenvalue weighted by atomic mass is 10.3. The highest BCUT2D eigenvalue weighted by Gasteiger charge is 2.34. The van der Waals surface area contributed by atoms with Gasteiger partial charge in [-0.15, -0.1) is 22.7 Å². The second-order valence-electron chi connectivity index (χ2n) is 7.80. The smallest absolute Gasteiger partial charge is 0.301 e. The molecule has 4 rings (SSSR count). The number of rotatable bonds is 8. The molecule has 0 amide bonds. The second-order valence-corrected chi connectivity index (χ2v) is 12.0. The fourth-order valence-corrected chi connectivity index (χ4v) is 7.11. The molecule has 9 nitrogen and oxygen atoms in total. The molecule has 0 radical (unpaired) electrons. The normalized spacial score (nSPS) is 12.6. The van der Waals surface area contributed by atoms with Gasteiger partial charge in [-0.05, 0) is 12.8 Å². The molecule has 2 N–H and O–H groups in total. The first kappa shape index (κ1) is 32.6. The number of nitrogens with zero attached hydrogens (tertiary/aromatic N) is 4. The minimum absolute atomic E-state index is 0.0297. The molecule has 0 aliphatic heterocycles. The molecule has 0 saturated carbocycles. The van der Waals surface area contributed by atoms with Gasteiger partial charge in [-0.1, -0.05) is 25.6 Å². The summed E-state index contributed by atoms with van der Waals surface area (Å²) in [5, 5.41) is -0.523. The summed E-state index contributed by atoms with van der Waals surface area (Å²) in [6.45, 7) is 3.82. The molecule has 0 bridgehead atoms. The maximum absolute atomic E-state index is 12.6. The van der Waals surface area contributed by atoms with Gasteiger partial charge in [0.05, 0.1) is 39.0 Å². The van der Waals surface area contributed by atoms with Crippen LogP contribution in [0, 0.1) is 0 Å². The van der Waals surface area contributed by atoms with Crippen molar-refractivity contribution in [3.8, 4) is 0 Å². The van der Waals surface area contributed by atoms with Crippen molar-refractivity contribution in [2.24, 2.45) is 0 Å². The molecule has 4 aromatic heterocycles. The number of aryl methyl sites for hydroxylation is 2. The summed E-state index contributed by atoms with van der Waals surface area (Å²) in [5.41, 5.74) is 0.596. The number of alkyl halides is 6. The second kappa shape index (κ2) is 13.8. The van der Waals surface area contributed by atoms with Crippen molar-refractivity contribution in [2.75, 3.05) is 0 Å². The van der Waals surface area contributed by atoms with Crippen molar-refractivity contribution in [3.05, 3.63) is 76.4 Å². The number of hydrogen-bond acceptors (Lipinski definition) is 10. The first-order valence-electron chi connectivity index (χ1n) is 11.4. The monoisotopic (exact) mass is 658 g/mol. The Morgan fingerprint density at radius 1 is 0.829 bits per heavy atom. The third-order valence-electron chi connectivity index (χ3n) is 4.96. The number of aromatic nitrogens is 6. The lowest BCUT2D eigenvalue weighted by molar-refractivity contribution is -0.142. The van der Waals surface area contributed by atoms with Gasteiger partial charge in [0, 0.05) is 27.6 Å². The molecule has 0 saturated heterocycles. The average molecular weight is 659 g/mol. The Balaban J connectivity index is 0.000000226. The number of hydrogen-bond donors (Lipinski definition) is 2. The summed E-state index contributed by atoms with van der Waals surface area (Å²) in [6.07, 6.45) is -8.00. The minimum atomic E-state index is -4.76. The van der Waals surface area contributed by atoms with E-state index in [0.29, 0.717) is 29.2 Å². The molecule has 0 aliphatic carbocycles. The number of thiazole rings is 2. The van der Waals surface area contributed by atoms with Crippen LogP contribution >= 0.6 is 34.4 Å². The van der Waals surface area contributed by atoms with Crippen molar-refractivity contribution in [1.29, 1.82) is 0 Å². The van der Waals surface area contributed by atoms with Crippen molar-refractivity contribution >= 4 is 45.2 Å². The summed E-state index contributed by atoms with van der Waals surface area (Å²) >= 11 is 3.75. The van der Waals surface area contributed by atoms with Crippen LogP contribution in [0.1, 0.15) is 46.4 Å². The van der Waals surface area contributed by atoms with E-state index < -0.39 is 50.8 Å². The van der Waals surface area contributed by atoms with Crippen molar-refractivity contribution in [1.82, 2.24) is 29.9 Å². The molecule has 0 fully saturated rings. The average Bonchev–Trinajstić information content (AvgIpc) is 3.55. The predicted molar refractivity (Wildman–Crippen MR) is 142 cm³/mol. The summed E-state index contributed by atoms with van der Waals surface area (Å²) < 4.78 is 87.5. The largest absolute Gasteiger partial charge is 0.433 e. The first-order valence-corrected chi connectivity index (χ1v) is 15.5. The van der Waals surface area contributed by atoms with E-state index in [2.05, 4.69) is 29.9 Å². The Hall–Kier alpha value is -2.90. The molecule has 0 spiro atoms. The van der Waals surface area contributed by atoms with Gasteiger partial charge in [-0.3, -0.25) is 18.8 Å². The molecule has 4 aromatic rings. The van der Waals surface area contributed by atoms with Crippen LogP contribution in [0.4, 0.5) is 26.3 Å². The molecule has 222 valence electrons. The number of H-pyrrole nitrogens is 2. The van der Waals surface area contributed by atoms with Crippen molar-refractivity contribution in [3.63, 3.8) is 0 Å². The van der Waals surface area contributed by atoms with Crippen molar-refractivity contribution in [2.45, 2.75) is 60.9 Å². The van der Waals surface area contributed by atoms with Crippen LogP contribution in [-0.4, -0.2) is 34.1 Å². The van der Waals surface area contributed by atoms with Gasteiger partial charge in [-0.2, -0.15) is 26.3 Å². The lowest BCUT2D eigenvalue weighted by Gasteiger charge is -2.07. The van der Waals surface area contributed by atoms with E-state index in [1.54, 1.807) is 11.0 Å². The number of halogens is 6. The summed E-state index contributed by atoms with van der Waals surface area (Å²) in [5.74, 6) is 0.399. The highest BCUT2D eigenvalue weighted by Crippen LogP contribution is 2.30. The van der Waals surface area contributed by atoms with Crippen LogP contribution in [0.5, 0.6) is 0 Å². The fourth-order valence-electron chi connectivity index (χ4n) is 3.06. The van der Waals surface area contributed by atoms with Gasteiger partial charge in [0.15, 0.2) is 21.7 Å².